The lowest BCUT2D eigenvalue weighted by Crippen LogP contribution is -2.21. The molecule has 98 valence electrons. The Hall–Kier alpha value is -2.60. The molecule has 0 atom stereocenters. The maximum absolute atomic E-state index is 11.5. The number of carboxylic acids is 1. The lowest BCUT2D eigenvalue weighted by molar-refractivity contribution is -0.257. The molecule has 1 N–H and O–H groups in total. The number of nitrogens with one attached hydrogen (secondary N) is 1. The summed E-state index contributed by atoms with van der Waals surface area (Å²) in [5.41, 5.74) is 2.80. The van der Waals surface area contributed by atoms with Crippen molar-refractivity contribution < 1.29 is 24.0 Å². The molecule has 0 aliphatic heterocycles. The van der Waals surface area contributed by atoms with Crippen LogP contribution in [0, 0.1) is 0 Å². The molecule has 1 aromatic carbocycles. The van der Waals surface area contributed by atoms with Crippen LogP contribution >= 0.6 is 0 Å². The molecular formula is C13H10NO5-. The summed E-state index contributed by atoms with van der Waals surface area (Å²) in [5.74, 6) is -1.88. The fraction of sp³-hybridized carbons (Fsp3) is 0.0769. The first-order valence-corrected chi connectivity index (χ1v) is 5.46. The summed E-state index contributed by atoms with van der Waals surface area (Å²) in [6.45, 7) is 0.0614. The summed E-state index contributed by atoms with van der Waals surface area (Å²) in [7, 11) is 0. The van der Waals surface area contributed by atoms with E-state index in [4.69, 9.17) is 9.25 Å². The van der Waals surface area contributed by atoms with Gasteiger partial charge in [-0.2, -0.15) is 0 Å². The average molecular weight is 260 g/mol. The Morgan fingerprint density at radius 2 is 1.89 bits per heavy atom. The maximum atomic E-state index is 11.5. The van der Waals surface area contributed by atoms with Crippen molar-refractivity contribution in [1.29, 1.82) is 0 Å². The van der Waals surface area contributed by atoms with Crippen molar-refractivity contribution in [2.45, 2.75) is 6.54 Å². The van der Waals surface area contributed by atoms with E-state index in [0.29, 0.717) is 11.3 Å². The minimum absolute atomic E-state index is 0.0614. The molecule has 0 spiro atoms. The molecule has 0 amide bonds. The highest BCUT2D eigenvalue weighted by atomic mass is 16.7. The number of carbonyl (C=O) groups excluding carboxylic acids is 2. The molecule has 0 radical (unpaired) electrons. The van der Waals surface area contributed by atoms with Crippen LogP contribution in [0.15, 0.2) is 46.9 Å². The Morgan fingerprint density at radius 1 is 1.16 bits per heavy atom. The average Bonchev–Trinajstić information content (AvgIpc) is 2.89. The second kappa shape index (κ2) is 5.83. The molecular weight excluding hydrogens is 250 g/mol. The van der Waals surface area contributed by atoms with Crippen LogP contribution in [0.5, 0.6) is 0 Å². The number of carboxylic acid groups (broad SMARTS) is 1. The molecule has 0 saturated carbocycles. The summed E-state index contributed by atoms with van der Waals surface area (Å²) >= 11 is 0. The first-order chi connectivity index (χ1) is 9.16. The van der Waals surface area contributed by atoms with E-state index in [9.17, 15) is 14.7 Å². The molecule has 0 bridgehead atoms. The molecule has 1 heterocycles. The van der Waals surface area contributed by atoms with Crippen molar-refractivity contribution in [1.82, 2.24) is 5.48 Å². The maximum Gasteiger partial charge on any atom is 0.356 e. The van der Waals surface area contributed by atoms with Crippen LogP contribution in [0.4, 0.5) is 0 Å². The van der Waals surface area contributed by atoms with Crippen LogP contribution in [0.2, 0.25) is 0 Å². The third-order valence-corrected chi connectivity index (χ3v) is 2.28. The molecule has 2 aromatic rings. The van der Waals surface area contributed by atoms with Crippen LogP contribution in [-0.4, -0.2) is 11.9 Å². The minimum atomic E-state index is -1.40. The Labute approximate surface area is 108 Å². The predicted octanol–water partition coefficient (Wildman–Crippen LogP) is 0.505. The molecule has 0 saturated heterocycles. The van der Waals surface area contributed by atoms with Gasteiger partial charge in [-0.1, -0.05) is 18.2 Å². The summed E-state index contributed by atoms with van der Waals surface area (Å²) < 4.78 is 4.92. The van der Waals surface area contributed by atoms with Gasteiger partial charge in [0.25, 0.3) is 0 Å². The van der Waals surface area contributed by atoms with E-state index >= 15 is 0 Å². The number of hydrogen-bond donors (Lipinski definition) is 1. The fourth-order valence-electron chi connectivity index (χ4n) is 1.39. The first kappa shape index (κ1) is 12.8. The number of aromatic carboxylic acids is 1. The van der Waals surface area contributed by atoms with E-state index in [0.717, 1.165) is 0 Å². The lowest BCUT2D eigenvalue weighted by Gasteiger charge is -2.04. The van der Waals surface area contributed by atoms with Crippen LogP contribution in [0.25, 0.3) is 0 Å². The van der Waals surface area contributed by atoms with Crippen molar-refractivity contribution in [2.75, 3.05) is 0 Å². The van der Waals surface area contributed by atoms with Crippen molar-refractivity contribution >= 4 is 11.9 Å². The number of benzene rings is 1. The number of furan rings is 1. The molecule has 0 unspecified atom stereocenters. The SMILES string of the molecule is O=C(ONCc1ccc(C(=O)[O-])o1)c1ccccc1. The van der Waals surface area contributed by atoms with Gasteiger partial charge in [0.1, 0.15) is 17.5 Å². The van der Waals surface area contributed by atoms with Gasteiger partial charge in [0.15, 0.2) is 0 Å². The van der Waals surface area contributed by atoms with Gasteiger partial charge in [-0.3, -0.25) is 0 Å². The largest absolute Gasteiger partial charge is 0.542 e. The second-order valence-corrected chi connectivity index (χ2v) is 3.63. The molecule has 0 aliphatic rings. The summed E-state index contributed by atoms with van der Waals surface area (Å²) in [4.78, 5) is 26.8. The normalized spacial score (nSPS) is 10.1. The Morgan fingerprint density at radius 3 is 2.53 bits per heavy atom. The number of hydrogen-bond acceptors (Lipinski definition) is 6. The predicted molar refractivity (Wildman–Crippen MR) is 61.7 cm³/mol. The van der Waals surface area contributed by atoms with Crippen molar-refractivity contribution in [3.8, 4) is 0 Å². The molecule has 6 heteroatoms. The highest BCUT2D eigenvalue weighted by molar-refractivity contribution is 5.89. The van der Waals surface area contributed by atoms with Crippen LogP contribution in [0.1, 0.15) is 26.7 Å². The highest BCUT2D eigenvalue weighted by Gasteiger charge is 2.07. The van der Waals surface area contributed by atoms with E-state index in [1.807, 2.05) is 0 Å². The smallest absolute Gasteiger partial charge is 0.356 e. The molecule has 2 rings (SSSR count). The third kappa shape index (κ3) is 3.43. The lowest BCUT2D eigenvalue weighted by atomic mass is 10.2. The monoisotopic (exact) mass is 260 g/mol. The zero-order valence-electron chi connectivity index (χ0n) is 9.79. The Bertz CT molecular complexity index is 576. The minimum Gasteiger partial charge on any atom is -0.542 e. The molecule has 1 aromatic heterocycles. The fourth-order valence-corrected chi connectivity index (χ4v) is 1.39. The van der Waals surface area contributed by atoms with Gasteiger partial charge in [0.2, 0.25) is 0 Å². The quantitative estimate of drug-likeness (QED) is 0.787. The van der Waals surface area contributed by atoms with E-state index < -0.39 is 11.9 Å². The van der Waals surface area contributed by atoms with Gasteiger partial charge in [-0.05, 0) is 24.3 Å². The highest BCUT2D eigenvalue weighted by Crippen LogP contribution is 2.07. The molecule has 19 heavy (non-hydrogen) atoms. The van der Waals surface area contributed by atoms with Gasteiger partial charge >= 0.3 is 5.97 Å². The third-order valence-electron chi connectivity index (χ3n) is 2.28. The van der Waals surface area contributed by atoms with E-state index in [2.05, 4.69) is 5.48 Å². The molecule has 6 nitrogen and oxygen atoms in total. The van der Waals surface area contributed by atoms with E-state index in [1.54, 1.807) is 30.3 Å². The van der Waals surface area contributed by atoms with Crippen molar-refractivity contribution in [2.24, 2.45) is 0 Å². The Kier molecular flexibility index (Phi) is 3.94. The van der Waals surface area contributed by atoms with Gasteiger partial charge in [0, 0.05) is 0 Å². The molecule has 0 fully saturated rings. The van der Waals surface area contributed by atoms with Gasteiger partial charge < -0.3 is 19.2 Å². The zero-order chi connectivity index (χ0) is 13.7. The van der Waals surface area contributed by atoms with Crippen LogP contribution < -0.4 is 10.6 Å². The van der Waals surface area contributed by atoms with Gasteiger partial charge in [-0.15, -0.1) is 5.48 Å². The number of hydroxylamine groups is 1. The molecule has 0 aliphatic carbocycles. The summed E-state index contributed by atoms with van der Waals surface area (Å²) in [6.07, 6.45) is 0. The van der Waals surface area contributed by atoms with Crippen molar-refractivity contribution in [3.63, 3.8) is 0 Å². The second-order valence-electron chi connectivity index (χ2n) is 3.63. The number of carbonyl (C=O) groups is 2. The topological polar surface area (TPSA) is 91.6 Å². The van der Waals surface area contributed by atoms with Gasteiger partial charge in [0.05, 0.1) is 12.1 Å². The van der Waals surface area contributed by atoms with Crippen LogP contribution in [0.3, 0.4) is 0 Å². The zero-order valence-corrected chi connectivity index (χ0v) is 9.79. The Balaban J connectivity index is 1.83. The van der Waals surface area contributed by atoms with E-state index in [1.165, 1.54) is 12.1 Å². The summed E-state index contributed by atoms with van der Waals surface area (Å²) in [6, 6.07) is 11.2. The van der Waals surface area contributed by atoms with Crippen molar-refractivity contribution in [3.05, 3.63) is 59.5 Å². The van der Waals surface area contributed by atoms with Crippen LogP contribution in [-0.2, 0) is 11.4 Å². The van der Waals surface area contributed by atoms with Gasteiger partial charge in [-0.25, -0.2) is 4.79 Å². The standard InChI is InChI=1S/C13H11NO5/c15-12(16)11-7-6-10(18-11)8-14-19-13(17)9-4-2-1-3-5-9/h1-7,14H,8H2,(H,15,16)/p-1. The first-order valence-electron chi connectivity index (χ1n) is 5.46. The summed E-state index contributed by atoms with van der Waals surface area (Å²) in [5, 5.41) is 10.5. The van der Waals surface area contributed by atoms with E-state index in [-0.39, 0.29) is 12.3 Å². The number of rotatable bonds is 5.